The Morgan fingerprint density at radius 3 is 2.67 bits per heavy atom. The summed E-state index contributed by atoms with van der Waals surface area (Å²) < 4.78 is 5.13. The van der Waals surface area contributed by atoms with Gasteiger partial charge in [0.15, 0.2) is 0 Å². The summed E-state index contributed by atoms with van der Waals surface area (Å²) in [6.07, 6.45) is 0. The smallest absolute Gasteiger partial charge is 0.316 e. The van der Waals surface area contributed by atoms with Crippen LogP contribution in [-0.4, -0.2) is 39.1 Å². The van der Waals surface area contributed by atoms with Crippen molar-refractivity contribution in [2.75, 3.05) is 32.1 Å². The van der Waals surface area contributed by atoms with Crippen molar-refractivity contribution in [3.05, 3.63) is 24.3 Å². The number of methoxy groups -OCH3 is 1. The number of hydrogen-bond acceptors (Lipinski definition) is 4. The predicted octanol–water partition coefficient (Wildman–Crippen LogP) is -0.267. The quantitative estimate of drug-likeness (QED) is 0.722. The number of nitrogens with zero attached hydrogens (tertiary/aromatic N) is 1. The molecule has 98 valence electrons. The minimum Gasteiger partial charge on any atom is -0.495 e. The molecule has 0 aliphatic rings. The Hall–Kier alpha value is -2.08. The molecule has 0 aliphatic carbocycles. The van der Waals surface area contributed by atoms with Crippen molar-refractivity contribution in [3.8, 4) is 5.75 Å². The fourth-order valence-corrected chi connectivity index (χ4v) is 1.43. The van der Waals surface area contributed by atoms with E-state index >= 15 is 0 Å². The topological polar surface area (TPSA) is 84.7 Å². The third-order valence-electron chi connectivity index (χ3n) is 2.38. The van der Waals surface area contributed by atoms with Crippen LogP contribution in [0.1, 0.15) is 0 Å². The molecule has 0 saturated carbocycles. The maximum absolute atomic E-state index is 11.8. The first-order valence-electron chi connectivity index (χ1n) is 5.50. The first kappa shape index (κ1) is 14.0. The Kier molecular flexibility index (Phi) is 5.13. The molecule has 0 saturated heterocycles. The highest BCUT2D eigenvalue weighted by Crippen LogP contribution is 2.26. The van der Waals surface area contributed by atoms with Crippen LogP contribution in [-0.2, 0) is 9.59 Å². The minimum atomic E-state index is -0.686. The standard InChI is InChI=1S/C12H17N3O3/c1-15(12(17)11(16)14-8-7-13)9-5-3-4-6-10(9)18-2/h3-6H,7-8,13H2,1-2H3,(H,14,16). The van der Waals surface area contributed by atoms with Crippen LogP contribution >= 0.6 is 0 Å². The second kappa shape index (κ2) is 6.61. The molecule has 18 heavy (non-hydrogen) atoms. The number of likely N-dealkylation sites (N-methyl/N-ethyl adjacent to an activating group) is 1. The molecule has 0 bridgehead atoms. The average Bonchev–Trinajstić information content (AvgIpc) is 2.42. The maximum atomic E-state index is 11.8. The van der Waals surface area contributed by atoms with Crippen molar-refractivity contribution in [1.29, 1.82) is 0 Å². The lowest BCUT2D eigenvalue weighted by Crippen LogP contribution is -2.42. The van der Waals surface area contributed by atoms with Crippen LogP contribution in [0.4, 0.5) is 5.69 Å². The van der Waals surface area contributed by atoms with E-state index in [0.29, 0.717) is 11.4 Å². The predicted molar refractivity (Wildman–Crippen MR) is 68.5 cm³/mol. The summed E-state index contributed by atoms with van der Waals surface area (Å²) in [6, 6.07) is 6.97. The summed E-state index contributed by atoms with van der Waals surface area (Å²) in [5.74, 6) is -0.818. The zero-order chi connectivity index (χ0) is 13.5. The van der Waals surface area contributed by atoms with E-state index in [4.69, 9.17) is 10.5 Å². The highest BCUT2D eigenvalue weighted by molar-refractivity contribution is 6.40. The number of carbonyl (C=O) groups excluding carboxylic acids is 2. The van der Waals surface area contributed by atoms with Gasteiger partial charge < -0.3 is 20.7 Å². The summed E-state index contributed by atoms with van der Waals surface area (Å²) in [4.78, 5) is 24.6. The van der Waals surface area contributed by atoms with E-state index in [9.17, 15) is 9.59 Å². The van der Waals surface area contributed by atoms with Crippen LogP contribution < -0.4 is 20.7 Å². The summed E-state index contributed by atoms with van der Waals surface area (Å²) >= 11 is 0. The van der Waals surface area contributed by atoms with E-state index < -0.39 is 11.8 Å². The van der Waals surface area contributed by atoms with E-state index in [0.717, 1.165) is 0 Å². The van der Waals surface area contributed by atoms with Gasteiger partial charge >= 0.3 is 11.8 Å². The van der Waals surface area contributed by atoms with E-state index in [2.05, 4.69) is 5.32 Å². The third-order valence-corrected chi connectivity index (χ3v) is 2.38. The van der Waals surface area contributed by atoms with Crippen LogP contribution in [0.3, 0.4) is 0 Å². The summed E-state index contributed by atoms with van der Waals surface area (Å²) in [6.45, 7) is 0.557. The molecule has 0 heterocycles. The van der Waals surface area contributed by atoms with Crippen LogP contribution in [0.15, 0.2) is 24.3 Å². The van der Waals surface area contributed by atoms with Crippen LogP contribution in [0.2, 0.25) is 0 Å². The van der Waals surface area contributed by atoms with Crippen molar-refractivity contribution >= 4 is 17.5 Å². The summed E-state index contributed by atoms with van der Waals surface area (Å²) in [5, 5.41) is 2.42. The number of ether oxygens (including phenoxy) is 1. The van der Waals surface area contributed by atoms with Gasteiger partial charge in [-0.15, -0.1) is 0 Å². The van der Waals surface area contributed by atoms with Gasteiger partial charge in [-0.1, -0.05) is 12.1 Å². The molecule has 2 amide bonds. The molecule has 0 aliphatic heterocycles. The average molecular weight is 251 g/mol. The van der Waals surface area contributed by atoms with Crippen molar-refractivity contribution in [1.82, 2.24) is 5.32 Å². The Balaban J connectivity index is 2.83. The molecule has 1 aromatic carbocycles. The number of hydrogen-bond donors (Lipinski definition) is 2. The minimum absolute atomic E-state index is 0.268. The molecule has 1 rings (SSSR count). The van der Waals surface area contributed by atoms with Gasteiger partial charge in [-0.25, -0.2) is 0 Å². The molecule has 0 atom stereocenters. The van der Waals surface area contributed by atoms with Crippen LogP contribution in [0.5, 0.6) is 5.75 Å². The molecular weight excluding hydrogens is 234 g/mol. The van der Waals surface area contributed by atoms with E-state index in [-0.39, 0.29) is 13.1 Å². The van der Waals surface area contributed by atoms with Gasteiger partial charge in [-0.3, -0.25) is 9.59 Å². The lowest BCUT2D eigenvalue weighted by molar-refractivity contribution is -0.137. The Morgan fingerprint density at radius 1 is 1.39 bits per heavy atom. The molecule has 3 N–H and O–H groups in total. The lowest BCUT2D eigenvalue weighted by atomic mass is 10.2. The monoisotopic (exact) mass is 251 g/mol. The number of anilines is 1. The second-order valence-corrected chi connectivity index (χ2v) is 3.58. The molecule has 0 spiro atoms. The van der Waals surface area contributed by atoms with Crippen molar-refractivity contribution in [3.63, 3.8) is 0 Å². The number of nitrogens with two attached hydrogens (primary N) is 1. The molecule has 0 radical (unpaired) electrons. The maximum Gasteiger partial charge on any atom is 0.316 e. The lowest BCUT2D eigenvalue weighted by Gasteiger charge is -2.19. The molecular formula is C12H17N3O3. The number of benzene rings is 1. The largest absolute Gasteiger partial charge is 0.495 e. The van der Waals surface area contributed by atoms with Crippen LogP contribution in [0.25, 0.3) is 0 Å². The van der Waals surface area contributed by atoms with Gasteiger partial charge in [0.05, 0.1) is 12.8 Å². The zero-order valence-electron chi connectivity index (χ0n) is 10.5. The highest BCUT2D eigenvalue weighted by Gasteiger charge is 2.21. The zero-order valence-corrected chi connectivity index (χ0v) is 10.5. The van der Waals surface area contributed by atoms with Crippen molar-refractivity contribution in [2.24, 2.45) is 5.73 Å². The third kappa shape index (κ3) is 3.21. The van der Waals surface area contributed by atoms with Gasteiger partial charge in [0.1, 0.15) is 5.75 Å². The second-order valence-electron chi connectivity index (χ2n) is 3.58. The highest BCUT2D eigenvalue weighted by atomic mass is 16.5. The van der Waals surface area contributed by atoms with Crippen molar-refractivity contribution in [2.45, 2.75) is 0 Å². The first-order valence-corrected chi connectivity index (χ1v) is 5.50. The Labute approximate surface area is 106 Å². The van der Waals surface area contributed by atoms with Gasteiger partial charge in [-0.2, -0.15) is 0 Å². The normalized spacial score (nSPS) is 9.72. The number of para-hydroxylation sites is 2. The molecule has 1 aromatic rings. The number of carbonyl (C=O) groups is 2. The molecule has 0 aromatic heterocycles. The van der Waals surface area contributed by atoms with Gasteiger partial charge in [0, 0.05) is 20.1 Å². The van der Waals surface area contributed by atoms with E-state index in [1.165, 1.54) is 19.1 Å². The fourth-order valence-electron chi connectivity index (χ4n) is 1.43. The van der Waals surface area contributed by atoms with E-state index in [1.54, 1.807) is 24.3 Å². The summed E-state index contributed by atoms with van der Waals surface area (Å²) in [5.41, 5.74) is 5.79. The summed E-state index contributed by atoms with van der Waals surface area (Å²) in [7, 11) is 3.02. The molecule has 0 fully saturated rings. The van der Waals surface area contributed by atoms with Crippen LogP contribution in [0, 0.1) is 0 Å². The van der Waals surface area contributed by atoms with Gasteiger partial charge in [-0.05, 0) is 12.1 Å². The Bertz CT molecular complexity index is 434. The molecule has 6 nitrogen and oxygen atoms in total. The fraction of sp³-hybridized carbons (Fsp3) is 0.333. The van der Waals surface area contributed by atoms with Gasteiger partial charge in [0.2, 0.25) is 0 Å². The van der Waals surface area contributed by atoms with Crippen molar-refractivity contribution < 1.29 is 14.3 Å². The first-order chi connectivity index (χ1) is 8.61. The number of rotatable bonds is 4. The van der Waals surface area contributed by atoms with Gasteiger partial charge in [0.25, 0.3) is 0 Å². The number of nitrogens with one attached hydrogen (secondary N) is 1. The Morgan fingerprint density at radius 2 is 2.06 bits per heavy atom. The van der Waals surface area contributed by atoms with E-state index in [1.807, 2.05) is 0 Å². The molecule has 6 heteroatoms. The number of amides is 2. The molecule has 0 unspecified atom stereocenters. The SMILES string of the molecule is COc1ccccc1N(C)C(=O)C(=O)NCCN.